The zero-order chi connectivity index (χ0) is 16.8. The van der Waals surface area contributed by atoms with Crippen molar-refractivity contribution >= 4 is 17.9 Å². The topological polar surface area (TPSA) is 41.9 Å². The van der Waals surface area contributed by atoms with Crippen molar-refractivity contribution in [2.45, 2.75) is 6.54 Å². The maximum atomic E-state index is 11.8. The number of esters is 1. The van der Waals surface area contributed by atoms with Gasteiger partial charge in [-0.25, -0.2) is 4.79 Å². The molecule has 0 N–H and O–H groups in total. The van der Waals surface area contributed by atoms with Gasteiger partial charge in [0.15, 0.2) is 0 Å². The highest BCUT2D eigenvalue weighted by Crippen LogP contribution is 2.19. The lowest BCUT2D eigenvalue weighted by molar-refractivity contribution is -0.137. The summed E-state index contributed by atoms with van der Waals surface area (Å²) < 4.78 is 5.26. The van der Waals surface area contributed by atoms with Gasteiger partial charge >= 0.3 is 5.97 Å². The van der Waals surface area contributed by atoms with Crippen molar-refractivity contribution < 1.29 is 9.53 Å². The number of fused-ring (bicyclic) bond motifs is 1. The summed E-state index contributed by atoms with van der Waals surface area (Å²) in [5.74, 6) is 0.627. The van der Waals surface area contributed by atoms with Gasteiger partial charge in [-0.1, -0.05) is 54.6 Å². The zero-order valence-electron chi connectivity index (χ0n) is 13.7. The second kappa shape index (κ2) is 7.59. The Bertz CT molecular complexity index is 766. The van der Waals surface area contributed by atoms with Crippen molar-refractivity contribution in [3.8, 4) is 0 Å². The Morgan fingerprint density at radius 1 is 1.17 bits per heavy atom. The number of nitrogens with zero attached hydrogens (tertiary/aromatic N) is 2. The average molecular weight is 320 g/mol. The molecule has 4 nitrogen and oxygen atoms in total. The van der Waals surface area contributed by atoms with Crippen molar-refractivity contribution in [2.24, 2.45) is 4.99 Å². The Morgan fingerprint density at radius 2 is 1.92 bits per heavy atom. The van der Waals surface area contributed by atoms with Crippen LogP contribution >= 0.6 is 0 Å². The molecule has 1 aliphatic heterocycles. The molecular weight excluding hydrogens is 300 g/mol. The first-order valence-corrected chi connectivity index (χ1v) is 7.98. The van der Waals surface area contributed by atoms with Crippen LogP contribution in [0.5, 0.6) is 0 Å². The molecule has 0 amide bonds. The Morgan fingerprint density at radius 3 is 2.75 bits per heavy atom. The van der Waals surface area contributed by atoms with Crippen molar-refractivity contribution in [3.05, 3.63) is 77.4 Å². The molecule has 2 aromatic rings. The van der Waals surface area contributed by atoms with Gasteiger partial charge in [-0.15, -0.1) is 0 Å². The summed E-state index contributed by atoms with van der Waals surface area (Å²) in [5.41, 5.74) is 3.38. The van der Waals surface area contributed by atoms with Crippen LogP contribution in [-0.2, 0) is 16.1 Å². The van der Waals surface area contributed by atoms with E-state index in [9.17, 15) is 4.79 Å². The normalized spacial score (nSPS) is 12.8. The number of ether oxygens (including phenoxy) is 1. The molecule has 0 saturated carbocycles. The van der Waals surface area contributed by atoms with Gasteiger partial charge in [-0.2, -0.15) is 0 Å². The van der Waals surface area contributed by atoms with Crippen LogP contribution in [0, 0.1) is 0 Å². The van der Waals surface area contributed by atoms with Crippen LogP contribution in [0.3, 0.4) is 0 Å². The Hall–Kier alpha value is -2.88. The lowest BCUT2D eigenvalue weighted by Crippen LogP contribution is -2.30. The van der Waals surface area contributed by atoms with Crippen molar-refractivity contribution in [3.63, 3.8) is 0 Å². The summed E-state index contributed by atoms with van der Waals surface area (Å²) >= 11 is 0. The van der Waals surface area contributed by atoms with Gasteiger partial charge in [-0.3, -0.25) is 4.99 Å². The summed E-state index contributed by atoms with van der Waals surface area (Å²) in [7, 11) is 1.97. The SMILES string of the molecule is CN(CCOC(=O)/C=C/c1ccccc1)C1=NCc2ccccc21. The van der Waals surface area contributed by atoms with E-state index in [2.05, 4.69) is 17.1 Å². The molecular formula is C20H20N2O2. The molecule has 0 fully saturated rings. The summed E-state index contributed by atoms with van der Waals surface area (Å²) in [6.45, 7) is 1.66. The predicted octanol–water partition coefficient (Wildman–Crippen LogP) is 3.14. The number of rotatable bonds is 5. The number of carbonyl (C=O) groups excluding carboxylic acids is 1. The average Bonchev–Trinajstić information content (AvgIpc) is 3.05. The van der Waals surface area contributed by atoms with E-state index in [0.29, 0.717) is 13.2 Å². The van der Waals surface area contributed by atoms with Crippen molar-refractivity contribution in [2.75, 3.05) is 20.2 Å². The lowest BCUT2D eigenvalue weighted by atomic mass is 10.1. The first kappa shape index (κ1) is 16.0. The molecule has 0 atom stereocenters. The molecule has 0 unspecified atom stereocenters. The summed E-state index contributed by atoms with van der Waals surface area (Å²) in [6, 6.07) is 17.9. The quantitative estimate of drug-likeness (QED) is 0.628. The number of benzene rings is 2. The number of carbonyl (C=O) groups is 1. The standard InChI is InChI=1S/C20H20N2O2/c1-22(20-18-10-6-5-9-17(18)15-21-20)13-14-24-19(23)12-11-16-7-3-2-4-8-16/h2-12H,13-15H2,1H3/b12-11+. The minimum absolute atomic E-state index is 0.329. The number of hydrogen-bond donors (Lipinski definition) is 0. The molecule has 1 heterocycles. The molecule has 0 aromatic heterocycles. The minimum atomic E-state index is -0.332. The fourth-order valence-corrected chi connectivity index (χ4v) is 2.61. The molecule has 24 heavy (non-hydrogen) atoms. The molecule has 0 saturated heterocycles. The van der Waals surface area contributed by atoms with E-state index in [-0.39, 0.29) is 5.97 Å². The smallest absolute Gasteiger partial charge is 0.330 e. The molecule has 3 rings (SSSR count). The summed E-state index contributed by atoms with van der Waals surface area (Å²) in [4.78, 5) is 18.4. The maximum Gasteiger partial charge on any atom is 0.330 e. The van der Waals surface area contributed by atoms with E-state index in [0.717, 1.165) is 23.5 Å². The fourth-order valence-electron chi connectivity index (χ4n) is 2.61. The highest BCUT2D eigenvalue weighted by molar-refractivity contribution is 6.01. The highest BCUT2D eigenvalue weighted by atomic mass is 16.5. The molecule has 122 valence electrons. The molecule has 1 aliphatic rings. The number of amidine groups is 1. The van der Waals surface area contributed by atoms with Gasteiger partial charge in [-0.05, 0) is 17.2 Å². The van der Waals surface area contributed by atoms with Gasteiger partial charge in [0.2, 0.25) is 0 Å². The van der Waals surface area contributed by atoms with Gasteiger partial charge in [0.05, 0.1) is 13.1 Å². The monoisotopic (exact) mass is 320 g/mol. The van der Waals surface area contributed by atoms with E-state index in [4.69, 9.17) is 4.74 Å². The van der Waals surface area contributed by atoms with Crippen LogP contribution in [0.1, 0.15) is 16.7 Å². The Kier molecular flexibility index (Phi) is 5.06. The molecule has 0 spiro atoms. The van der Waals surface area contributed by atoms with Gasteiger partial charge in [0, 0.05) is 18.7 Å². The number of hydrogen-bond acceptors (Lipinski definition) is 4. The number of likely N-dealkylation sites (N-methyl/N-ethyl adjacent to an activating group) is 1. The van der Waals surface area contributed by atoms with Gasteiger partial charge in [0.25, 0.3) is 0 Å². The van der Waals surface area contributed by atoms with E-state index in [1.54, 1.807) is 6.08 Å². The van der Waals surface area contributed by atoms with E-state index in [1.807, 2.05) is 54.4 Å². The predicted molar refractivity (Wildman–Crippen MR) is 95.7 cm³/mol. The second-order valence-corrected chi connectivity index (χ2v) is 5.63. The van der Waals surface area contributed by atoms with Gasteiger partial charge < -0.3 is 9.64 Å². The summed E-state index contributed by atoms with van der Waals surface area (Å²) in [6.07, 6.45) is 3.21. The first-order chi connectivity index (χ1) is 11.7. The van der Waals surface area contributed by atoms with Crippen LogP contribution in [0.2, 0.25) is 0 Å². The zero-order valence-corrected chi connectivity index (χ0v) is 13.7. The first-order valence-electron chi connectivity index (χ1n) is 7.98. The molecule has 0 bridgehead atoms. The molecule has 2 aromatic carbocycles. The van der Waals surface area contributed by atoms with Gasteiger partial charge in [0.1, 0.15) is 12.4 Å². The van der Waals surface area contributed by atoms with Crippen LogP contribution in [-0.4, -0.2) is 36.9 Å². The molecule has 0 aliphatic carbocycles. The summed E-state index contributed by atoms with van der Waals surface area (Å²) in [5, 5.41) is 0. The highest BCUT2D eigenvalue weighted by Gasteiger charge is 2.18. The molecule has 0 radical (unpaired) electrons. The van der Waals surface area contributed by atoms with Crippen LogP contribution in [0.25, 0.3) is 6.08 Å². The van der Waals surface area contributed by atoms with E-state index in [1.165, 1.54) is 11.6 Å². The van der Waals surface area contributed by atoms with Crippen LogP contribution in [0.15, 0.2) is 65.7 Å². The van der Waals surface area contributed by atoms with Crippen LogP contribution < -0.4 is 0 Å². The fraction of sp³-hybridized carbons (Fsp3) is 0.200. The van der Waals surface area contributed by atoms with E-state index >= 15 is 0 Å². The Labute approximate surface area is 142 Å². The second-order valence-electron chi connectivity index (χ2n) is 5.63. The Balaban J connectivity index is 1.47. The third-order valence-electron chi connectivity index (χ3n) is 3.90. The number of aliphatic imine (C=N–C) groups is 1. The van der Waals surface area contributed by atoms with Crippen LogP contribution in [0.4, 0.5) is 0 Å². The van der Waals surface area contributed by atoms with E-state index < -0.39 is 0 Å². The molecule has 4 heteroatoms. The third-order valence-corrected chi connectivity index (χ3v) is 3.90. The minimum Gasteiger partial charge on any atom is -0.461 e. The maximum absolute atomic E-state index is 11.8. The van der Waals surface area contributed by atoms with Crippen molar-refractivity contribution in [1.82, 2.24) is 4.90 Å². The lowest BCUT2D eigenvalue weighted by Gasteiger charge is -2.19. The van der Waals surface area contributed by atoms with Crippen molar-refractivity contribution in [1.29, 1.82) is 0 Å². The largest absolute Gasteiger partial charge is 0.461 e. The third kappa shape index (κ3) is 3.90.